The molecule has 0 spiro atoms. The molecule has 1 heterocycles. The number of ether oxygens (including phenoxy) is 1. The van der Waals surface area contributed by atoms with Crippen LogP contribution in [0.1, 0.15) is 5.56 Å². The quantitative estimate of drug-likeness (QED) is 0.774. The molecule has 18 heavy (non-hydrogen) atoms. The lowest BCUT2D eigenvalue weighted by Crippen LogP contribution is -1.92. The van der Waals surface area contributed by atoms with Crippen LogP contribution in [0.2, 0.25) is 5.02 Å². The van der Waals surface area contributed by atoms with Gasteiger partial charge in [0, 0.05) is 18.1 Å². The van der Waals surface area contributed by atoms with Crippen molar-refractivity contribution in [1.29, 1.82) is 0 Å². The summed E-state index contributed by atoms with van der Waals surface area (Å²) in [4.78, 5) is 3.94. The molecule has 0 fully saturated rings. The summed E-state index contributed by atoms with van der Waals surface area (Å²) in [5.41, 5.74) is 0.735. The number of pyridine rings is 1. The van der Waals surface area contributed by atoms with Crippen molar-refractivity contribution in [1.82, 2.24) is 4.98 Å². The zero-order valence-electron chi connectivity index (χ0n) is 8.96. The molecule has 94 valence electrons. The van der Waals surface area contributed by atoms with Gasteiger partial charge in [0.05, 0.1) is 0 Å². The van der Waals surface area contributed by atoms with Gasteiger partial charge in [-0.25, -0.2) is 13.8 Å². The van der Waals surface area contributed by atoms with Crippen LogP contribution in [-0.2, 0) is 5.88 Å². The van der Waals surface area contributed by atoms with E-state index in [2.05, 4.69) is 4.98 Å². The normalized spacial score (nSPS) is 10.4. The third-order valence-corrected chi connectivity index (χ3v) is 2.70. The second-order valence-electron chi connectivity index (χ2n) is 3.44. The van der Waals surface area contributed by atoms with Crippen LogP contribution in [0.3, 0.4) is 0 Å². The van der Waals surface area contributed by atoms with E-state index in [1.807, 2.05) is 0 Å². The topological polar surface area (TPSA) is 22.1 Å². The largest absolute Gasteiger partial charge is 0.437 e. The second-order valence-corrected chi connectivity index (χ2v) is 4.12. The van der Waals surface area contributed by atoms with Crippen molar-refractivity contribution >= 4 is 23.2 Å². The van der Waals surface area contributed by atoms with Crippen LogP contribution in [0.5, 0.6) is 11.6 Å². The van der Waals surface area contributed by atoms with Gasteiger partial charge in [0.2, 0.25) is 5.88 Å². The fourth-order valence-corrected chi connectivity index (χ4v) is 1.64. The average Bonchev–Trinajstić information content (AvgIpc) is 2.36. The van der Waals surface area contributed by atoms with Crippen molar-refractivity contribution in [3.05, 3.63) is 52.7 Å². The predicted octanol–water partition coefficient (Wildman–Crippen LogP) is 4.54. The summed E-state index contributed by atoms with van der Waals surface area (Å²) in [7, 11) is 0. The van der Waals surface area contributed by atoms with Gasteiger partial charge in [-0.1, -0.05) is 11.6 Å². The third kappa shape index (κ3) is 2.89. The van der Waals surface area contributed by atoms with Gasteiger partial charge >= 0.3 is 0 Å². The van der Waals surface area contributed by atoms with Gasteiger partial charge in [-0.15, -0.1) is 11.6 Å². The van der Waals surface area contributed by atoms with Crippen molar-refractivity contribution < 1.29 is 13.5 Å². The Morgan fingerprint density at radius 2 is 1.94 bits per heavy atom. The maximum atomic E-state index is 13.0. The molecule has 0 aliphatic rings. The van der Waals surface area contributed by atoms with Crippen LogP contribution in [0.15, 0.2) is 30.5 Å². The van der Waals surface area contributed by atoms with E-state index in [4.69, 9.17) is 27.9 Å². The van der Waals surface area contributed by atoms with Crippen LogP contribution in [0.4, 0.5) is 8.78 Å². The van der Waals surface area contributed by atoms with Crippen LogP contribution in [-0.4, -0.2) is 4.98 Å². The number of hydrogen-bond donors (Lipinski definition) is 0. The smallest absolute Gasteiger partial charge is 0.238 e. The molecule has 2 nitrogen and oxygen atoms in total. The van der Waals surface area contributed by atoms with E-state index in [0.29, 0.717) is 0 Å². The van der Waals surface area contributed by atoms with Crippen molar-refractivity contribution in [3.8, 4) is 11.6 Å². The molecule has 0 aliphatic heterocycles. The van der Waals surface area contributed by atoms with E-state index < -0.39 is 11.6 Å². The number of alkyl halides is 1. The number of nitrogens with zero attached hydrogens (tertiary/aromatic N) is 1. The summed E-state index contributed by atoms with van der Waals surface area (Å²) >= 11 is 11.5. The number of hydrogen-bond acceptors (Lipinski definition) is 2. The first-order valence-electron chi connectivity index (χ1n) is 4.93. The van der Waals surface area contributed by atoms with Crippen molar-refractivity contribution in [2.75, 3.05) is 0 Å². The Balaban J connectivity index is 2.25. The summed E-state index contributed by atoms with van der Waals surface area (Å²) in [6, 6.07) is 4.76. The van der Waals surface area contributed by atoms with Gasteiger partial charge in [-0.2, -0.15) is 0 Å². The Morgan fingerprint density at radius 1 is 1.17 bits per heavy atom. The van der Waals surface area contributed by atoms with E-state index in [1.165, 1.54) is 12.3 Å². The lowest BCUT2D eigenvalue weighted by atomic mass is 10.3. The maximum Gasteiger partial charge on any atom is 0.238 e. The fraction of sp³-hybridized carbons (Fsp3) is 0.0833. The van der Waals surface area contributed by atoms with E-state index in [9.17, 15) is 8.78 Å². The zero-order valence-corrected chi connectivity index (χ0v) is 10.5. The molecule has 0 aliphatic carbocycles. The van der Waals surface area contributed by atoms with Gasteiger partial charge in [0.1, 0.15) is 10.8 Å². The molecule has 0 bridgehead atoms. The fourth-order valence-electron chi connectivity index (χ4n) is 1.27. The molecule has 0 saturated carbocycles. The standard InChI is InChI=1S/C12H7Cl2F2NO/c13-5-7-3-9(14)12(17-6-7)18-8-1-2-10(15)11(16)4-8/h1-4,6H,5H2. The molecular formula is C12H7Cl2F2NO. The van der Waals surface area contributed by atoms with Gasteiger partial charge in [-0.3, -0.25) is 0 Å². The SMILES string of the molecule is Fc1ccc(Oc2ncc(CCl)cc2Cl)cc1F. The minimum Gasteiger partial charge on any atom is -0.437 e. The Morgan fingerprint density at radius 3 is 2.56 bits per heavy atom. The first kappa shape index (κ1) is 13.1. The zero-order chi connectivity index (χ0) is 13.1. The monoisotopic (exact) mass is 289 g/mol. The molecule has 0 atom stereocenters. The summed E-state index contributed by atoms with van der Waals surface area (Å²) in [6.07, 6.45) is 1.49. The third-order valence-electron chi connectivity index (χ3n) is 2.12. The van der Waals surface area contributed by atoms with Gasteiger partial charge in [0.25, 0.3) is 0 Å². The highest BCUT2D eigenvalue weighted by atomic mass is 35.5. The molecule has 0 amide bonds. The molecule has 6 heteroatoms. The highest BCUT2D eigenvalue weighted by Crippen LogP contribution is 2.28. The maximum absolute atomic E-state index is 13.0. The van der Waals surface area contributed by atoms with Crippen LogP contribution in [0.25, 0.3) is 0 Å². The van der Waals surface area contributed by atoms with E-state index in [-0.39, 0.29) is 22.5 Å². The molecule has 2 aromatic rings. The lowest BCUT2D eigenvalue weighted by Gasteiger charge is -2.07. The predicted molar refractivity (Wildman–Crippen MR) is 65.2 cm³/mol. The molecule has 1 aromatic carbocycles. The Bertz CT molecular complexity index is 578. The van der Waals surface area contributed by atoms with Crippen LogP contribution in [0, 0.1) is 11.6 Å². The highest BCUT2D eigenvalue weighted by Gasteiger charge is 2.08. The van der Waals surface area contributed by atoms with Gasteiger partial charge < -0.3 is 4.74 Å². The number of aromatic nitrogens is 1. The minimum atomic E-state index is -0.999. The average molecular weight is 290 g/mol. The molecule has 0 unspecified atom stereocenters. The number of rotatable bonds is 3. The molecule has 0 saturated heterocycles. The molecule has 1 aromatic heterocycles. The van der Waals surface area contributed by atoms with E-state index in [1.54, 1.807) is 6.07 Å². The Hall–Kier alpha value is -1.39. The number of benzene rings is 1. The van der Waals surface area contributed by atoms with E-state index in [0.717, 1.165) is 17.7 Å². The minimum absolute atomic E-state index is 0.108. The molecule has 0 N–H and O–H groups in total. The Labute approximate surface area is 112 Å². The Kier molecular flexibility index (Phi) is 3.99. The second kappa shape index (κ2) is 5.50. The van der Waals surface area contributed by atoms with Crippen molar-refractivity contribution in [3.63, 3.8) is 0 Å². The van der Waals surface area contributed by atoms with Crippen molar-refractivity contribution in [2.24, 2.45) is 0 Å². The molecule has 2 rings (SSSR count). The molecular weight excluding hydrogens is 283 g/mol. The van der Waals surface area contributed by atoms with Crippen molar-refractivity contribution in [2.45, 2.75) is 5.88 Å². The molecule has 0 radical (unpaired) electrons. The van der Waals surface area contributed by atoms with Crippen LogP contribution >= 0.6 is 23.2 Å². The highest BCUT2D eigenvalue weighted by molar-refractivity contribution is 6.32. The first-order chi connectivity index (χ1) is 8.60. The summed E-state index contributed by atoms with van der Waals surface area (Å²) in [6.45, 7) is 0. The first-order valence-corrected chi connectivity index (χ1v) is 5.84. The summed E-state index contributed by atoms with van der Waals surface area (Å²) in [5.74, 6) is -1.45. The van der Waals surface area contributed by atoms with E-state index >= 15 is 0 Å². The lowest BCUT2D eigenvalue weighted by molar-refractivity contribution is 0.447. The van der Waals surface area contributed by atoms with Gasteiger partial charge in [-0.05, 0) is 23.8 Å². The van der Waals surface area contributed by atoms with Gasteiger partial charge in [0.15, 0.2) is 11.6 Å². The van der Waals surface area contributed by atoms with Crippen LogP contribution < -0.4 is 4.74 Å². The summed E-state index contributed by atoms with van der Waals surface area (Å²) < 4.78 is 31.0. The summed E-state index contributed by atoms with van der Waals surface area (Å²) in [5, 5.41) is 0.248. The number of halogens is 4.